The van der Waals surface area contributed by atoms with E-state index in [9.17, 15) is 4.79 Å². The number of hydrogen-bond donors (Lipinski definition) is 1. The van der Waals surface area contributed by atoms with Gasteiger partial charge in [0.15, 0.2) is 0 Å². The lowest BCUT2D eigenvalue weighted by Gasteiger charge is -2.19. The summed E-state index contributed by atoms with van der Waals surface area (Å²) in [5.41, 5.74) is 6.29. The highest BCUT2D eigenvalue weighted by Gasteiger charge is 2.25. The van der Waals surface area contributed by atoms with E-state index in [2.05, 4.69) is 45.1 Å². The molecule has 0 saturated heterocycles. The molecule has 4 rings (SSSR count). The summed E-state index contributed by atoms with van der Waals surface area (Å²) in [6.07, 6.45) is 0. The molecule has 4 nitrogen and oxygen atoms in total. The van der Waals surface area contributed by atoms with Crippen molar-refractivity contribution in [1.82, 2.24) is 9.78 Å². The van der Waals surface area contributed by atoms with E-state index in [1.165, 1.54) is 11.1 Å². The van der Waals surface area contributed by atoms with E-state index in [-0.39, 0.29) is 11.3 Å². The topological polar surface area (TPSA) is 46.9 Å². The Balaban J connectivity index is 1.66. The fourth-order valence-electron chi connectivity index (χ4n) is 3.32. The monoisotopic (exact) mass is 391 g/mol. The van der Waals surface area contributed by atoms with E-state index < -0.39 is 0 Å². The first-order chi connectivity index (χ1) is 13.3. The molecule has 0 saturated carbocycles. The average molecular weight is 392 g/mol. The van der Waals surface area contributed by atoms with Crippen LogP contribution in [0.1, 0.15) is 53.5 Å². The van der Waals surface area contributed by atoms with Gasteiger partial charge in [-0.2, -0.15) is 16.9 Å². The molecule has 2 heterocycles. The fourth-order valence-corrected chi connectivity index (χ4v) is 4.35. The standard InChI is InChI=1S/C23H25N3OS/c1-15-5-11-18(12-6-15)26-21(19-13-28-14-20(19)25-26)24-22(27)16-7-9-17(10-8-16)23(2,3)4/h5-12H,13-14H2,1-4H3,(H,24,27). The zero-order valence-corrected chi connectivity index (χ0v) is 17.6. The molecular formula is C23H25N3OS. The number of thioether (sulfide) groups is 1. The number of aryl methyl sites for hydroxylation is 1. The number of hydrogen-bond acceptors (Lipinski definition) is 3. The van der Waals surface area contributed by atoms with Gasteiger partial charge in [-0.05, 0) is 42.2 Å². The lowest BCUT2D eigenvalue weighted by atomic mass is 9.87. The summed E-state index contributed by atoms with van der Waals surface area (Å²) in [5.74, 6) is 2.44. The second kappa shape index (κ2) is 7.13. The highest BCUT2D eigenvalue weighted by atomic mass is 32.2. The third-order valence-electron chi connectivity index (χ3n) is 5.08. The molecule has 5 heteroatoms. The molecule has 144 valence electrons. The van der Waals surface area contributed by atoms with Crippen molar-refractivity contribution in [3.8, 4) is 5.69 Å². The molecule has 1 amide bonds. The third kappa shape index (κ3) is 3.59. The molecule has 0 atom stereocenters. The van der Waals surface area contributed by atoms with Gasteiger partial charge in [0.2, 0.25) is 0 Å². The molecule has 1 aromatic heterocycles. The highest BCUT2D eigenvalue weighted by molar-refractivity contribution is 7.98. The average Bonchev–Trinajstić information content (AvgIpc) is 3.24. The number of nitrogens with one attached hydrogen (secondary N) is 1. The van der Waals surface area contributed by atoms with E-state index in [0.29, 0.717) is 5.56 Å². The molecule has 0 aliphatic carbocycles. The van der Waals surface area contributed by atoms with E-state index in [1.807, 2.05) is 52.8 Å². The number of nitrogens with zero attached hydrogens (tertiary/aromatic N) is 2. The largest absolute Gasteiger partial charge is 0.306 e. The molecule has 3 aromatic rings. The van der Waals surface area contributed by atoms with Crippen LogP contribution >= 0.6 is 11.8 Å². The Morgan fingerprint density at radius 2 is 1.71 bits per heavy atom. The summed E-state index contributed by atoms with van der Waals surface area (Å²) < 4.78 is 1.87. The Morgan fingerprint density at radius 3 is 2.36 bits per heavy atom. The van der Waals surface area contributed by atoms with Crippen molar-refractivity contribution in [2.75, 3.05) is 5.32 Å². The van der Waals surface area contributed by atoms with Crippen LogP contribution in [0.3, 0.4) is 0 Å². The fraction of sp³-hybridized carbons (Fsp3) is 0.304. The zero-order chi connectivity index (χ0) is 19.9. The van der Waals surface area contributed by atoms with Gasteiger partial charge in [-0.25, -0.2) is 4.68 Å². The number of amides is 1. The quantitative estimate of drug-likeness (QED) is 0.643. The molecule has 0 bridgehead atoms. The highest BCUT2D eigenvalue weighted by Crippen LogP contribution is 2.36. The van der Waals surface area contributed by atoms with Gasteiger partial charge in [-0.1, -0.05) is 50.6 Å². The number of fused-ring (bicyclic) bond motifs is 1. The first kappa shape index (κ1) is 18.8. The van der Waals surface area contributed by atoms with Crippen molar-refractivity contribution < 1.29 is 4.79 Å². The molecule has 0 unspecified atom stereocenters. The first-order valence-electron chi connectivity index (χ1n) is 9.50. The van der Waals surface area contributed by atoms with Crippen LogP contribution in [0.4, 0.5) is 5.82 Å². The summed E-state index contributed by atoms with van der Waals surface area (Å²) in [6.45, 7) is 8.57. The summed E-state index contributed by atoms with van der Waals surface area (Å²) in [7, 11) is 0. The van der Waals surface area contributed by atoms with Crippen molar-refractivity contribution in [1.29, 1.82) is 0 Å². The van der Waals surface area contributed by atoms with Crippen LogP contribution in [0, 0.1) is 6.92 Å². The van der Waals surface area contributed by atoms with Gasteiger partial charge in [-0.3, -0.25) is 4.79 Å². The van der Waals surface area contributed by atoms with Crippen LogP contribution in [0.15, 0.2) is 48.5 Å². The number of benzene rings is 2. The lowest BCUT2D eigenvalue weighted by Crippen LogP contribution is -2.17. The van der Waals surface area contributed by atoms with Gasteiger partial charge in [0.05, 0.1) is 11.4 Å². The van der Waals surface area contributed by atoms with Crippen LogP contribution in [0.25, 0.3) is 5.69 Å². The molecule has 2 aromatic carbocycles. The minimum atomic E-state index is -0.103. The minimum Gasteiger partial charge on any atom is -0.306 e. The number of carbonyl (C=O) groups is 1. The van der Waals surface area contributed by atoms with E-state index in [1.54, 1.807) is 0 Å². The maximum atomic E-state index is 13.0. The molecule has 0 fully saturated rings. The van der Waals surface area contributed by atoms with Crippen molar-refractivity contribution in [3.05, 3.63) is 76.5 Å². The summed E-state index contributed by atoms with van der Waals surface area (Å²) >= 11 is 1.83. The normalized spacial score (nSPS) is 13.4. The van der Waals surface area contributed by atoms with Crippen molar-refractivity contribution >= 4 is 23.5 Å². The second-order valence-electron chi connectivity index (χ2n) is 8.30. The molecular weight excluding hydrogens is 366 g/mol. The second-order valence-corrected chi connectivity index (χ2v) is 9.28. The summed E-state index contributed by atoms with van der Waals surface area (Å²) in [5, 5.41) is 7.89. The molecule has 0 radical (unpaired) electrons. The molecule has 1 N–H and O–H groups in total. The summed E-state index contributed by atoms with van der Waals surface area (Å²) in [6, 6.07) is 16.1. The SMILES string of the molecule is Cc1ccc(-n2nc3c(c2NC(=O)c2ccc(C(C)(C)C)cc2)CSC3)cc1. The number of carbonyl (C=O) groups excluding carboxylic acids is 1. The van der Waals surface area contributed by atoms with E-state index in [4.69, 9.17) is 5.10 Å². The van der Waals surface area contributed by atoms with Crippen LogP contribution in [-0.4, -0.2) is 15.7 Å². The Bertz CT molecular complexity index is 1010. The van der Waals surface area contributed by atoms with Crippen molar-refractivity contribution in [2.45, 2.75) is 44.6 Å². The third-order valence-corrected chi connectivity index (χ3v) is 6.05. The molecule has 0 spiro atoms. The van der Waals surface area contributed by atoms with E-state index >= 15 is 0 Å². The number of aromatic nitrogens is 2. The van der Waals surface area contributed by atoms with Crippen molar-refractivity contribution in [2.24, 2.45) is 0 Å². The molecule has 1 aliphatic heterocycles. The number of anilines is 1. The first-order valence-corrected chi connectivity index (χ1v) is 10.7. The molecule has 28 heavy (non-hydrogen) atoms. The maximum Gasteiger partial charge on any atom is 0.256 e. The van der Waals surface area contributed by atoms with Crippen molar-refractivity contribution in [3.63, 3.8) is 0 Å². The zero-order valence-electron chi connectivity index (χ0n) is 16.7. The Hall–Kier alpha value is -2.53. The van der Waals surface area contributed by atoms with Crippen LogP contribution in [0.2, 0.25) is 0 Å². The minimum absolute atomic E-state index is 0.0666. The maximum absolute atomic E-state index is 13.0. The van der Waals surface area contributed by atoms with E-state index in [0.717, 1.165) is 34.3 Å². The number of rotatable bonds is 3. The smallest absolute Gasteiger partial charge is 0.256 e. The van der Waals surface area contributed by atoms with Crippen LogP contribution < -0.4 is 5.32 Å². The lowest BCUT2D eigenvalue weighted by molar-refractivity contribution is 0.102. The Kier molecular flexibility index (Phi) is 4.79. The van der Waals surface area contributed by atoms with Crippen LogP contribution in [0.5, 0.6) is 0 Å². The predicted octanol–water partition coefficient (Wildman–Crippen LogP) is 5.48. The van der Waals surface area contributed by atoms with Gasteiger partial charge in [0.25, 0.3) is 5.91 Å². The van der Waals surface area contributed by atoms with Gasteiger partial charge < -0.3 is 5.32 Å². The molecule has 1 aliphatic rings. The van der Waals surface area contributed by atoms with Gasteiger partial charge in [-0.15, -0.1) is 0 Å². The van der Waals surface area contributed by atoms with Gasteiger partial charge >= 0.3 is 0 Å². The van der Waals surface area contributed by atoms with Gasteiger partial charge in [0, 0.05) is 22.6 Å². The Morgan fingerprint density at radius 1 is 1.04 bits per heavy atom. The Labute approximate surface area is 170 Å². The predicted molar refractivity (Wildman–Crippen MR) is 116 cm³/mol. The summed E-state index contributed by atoms with van der Waals surface area (Å²) in [4.78, 5) is 13.0. The van der Waals surface area contributed by atoms with Crippen LogP contribution in [-0.2, 0) is 16.9 Å². The van der Waals surface area contributed by atoms with Gasteiger partial charge in [0.1, 0.15) is 5.82 Å².